The van der Waals surface area contributed by atoms with E-state index in [0.29, 0.717) is 29.4 Å². The summed E-state index contributed by atoms with van der Waals surface area (Å²) in [5, 5.41) is 0. The van der Waals surface area contributed by atoms with Crippen molar-refractivity contribution >= 4 is 22.0 Å². The van der Waals surface area contributed by atoms with Gasteiger partial charge in [-0.2, -0.15) is 0 Å². The monoisotopic (exact) mass is 372 g/mol. The second-order valence-electron chi connectivity index (χ2n) is 6.61. The molecule has 0 radical (unpaired) electrons. The summed E-state index contributed by atoms with van der Waals surface area (Å²) in [5.74, 6) is -0.300. The predicted molar refractivity (Wildman–Crippen MR) is 87.1 cm³/mol. The molecule has 6 heteroatoms. The number of rotatable bonds is 2. The summed E-state index contributed by atoms with van der Waals surface area (Å²) < 4.78 is 20.0. The molecule has 4 nitrogen and oxygen atoms in total. The summed E-state index contributed by atoms with van der Waals surface area (Å²) in [6, 6.07) is 4.72. The fourth-order valence-corrected chi connectivity index (χ4v) is 3.02. The Labute approximate surface area is 138 Å². The fraction of sp³-hybridized carbons (Fsp3) is 0.562. The van der Waals surface area contributed by atoms with Crippen molar-refractivity contribution in [3.05, 3.63) is 34.1 Å². The molecular weight excluding hydrogens is 351 g/mol. The van der Waals surface area contributed by atoms with E-state index in [1.165, 1.54) is 0 Å². The molecule has 1 amide bonds. The van der Waals surface area contributed by atoms with E-state index >= 15 is 0 Å². The standard InChI is InChI=1S/C16H22BrFN2O2/c1-16(2,3)22-15(21)20-8-7-12(19)13(20)9-10-5-4-6-11(17)14(10)18/h4-6,12-13H,7-9,19H2,1-3H3/t12-,13+/m1/s1. The molecule has 2 N–H and O–H groups in total. The van der Waals surface area contributed by atoms with Crippen LogP contribution in [0, 0.1) is 5.82 Å². The smallest absolute Gasteiger partial charge is 0.410 e. The molecule has 1 heterocycles. The summed E-state index contributed by atoms with van der Waals surface area (Å²) in [6.07, 6.45) is 0.687. The average Bonchev–Trinajstić information content (AvgIpc) is 2.75. The quantitative estimate of drug-likeness (QED) is 0.864. The fourth-order valence-electron chi connectivity index (χ4n) is 2.62. The highest BCUT2D eigenvalue weighted by Gasteiger charge is 2.37. The zero-order chi connectivity index (χ0) is 16.5. The van der Waals surface area contributed by atoms with Gasteiger partial charge in [0.05, 0.1) is 10.5 Å². The third kappa shape index (κ3) is 3.98. The highest BCUT2D eigenvalue weighted by Crippen LogP contribution is 2.26. The average molecular weight is 373 g/mol. The summed E-state index contributed by atoms with van der Waals surface area (Å²) in [7, 11) is 0. The van der Waals surface area contributed by atoms with Gasteiger partial charge in [0.15, 0.2) is 0 Å². The normalized spacial score (nSPS) is 22.0. The molecule has 1 aliphatic rings. The Morgan fingerprint density at radius 1 is 1.50 bits per heavy atom. The lowest BCUT2D eigenvalue weighted by atomic mass is 10.0. The van der Waals surface area contributed by atoms with Crippen molar-refractivity contribution in [2.45, 2.75) is 51.3 Å². The number of likely N-dealkylation sites (tertiary alicyclic amines) is 1. The van der Waals surface area contributed by atoms with Crippen LogP contribution in [0.5, 0.6) is 0 Å². The molecule has 0 aromatic heterocycles. The molecule has 1 aliphatic heterocycles. The Bertz CT molecular complexity index is 560. The minimum absolute atomic E-state index is 0.175. The van der Waals surface area contributed by atoms with E-state index in [9.17, 15) is 9.18 Å². The minimum Gasteiger partial charge on any atom is -0.444 e. The highest BCUT2D eigenvalue weighted by atomic mass is 79.9. The van der Waals surface area contributed by atoms with Crippen molar-refractivity contribution in [2.75, 3.05) is 6.54 Å². The Morgan fingerprint density at radius 3 is 2.82 bits per heavy atom. The van der Waals surface area contributed by atoms with Gasteiger partial charge in [0, 0.05) is 12.6 Å². The third-order valence-electron chi connectivity index (χ3n) is 3.69. The third-order valence-corrected chi connectivity index (χ3v) is 4.30. The first-order chi connectivity index (χ1) is 10.2. The number of benzene rings is 1. The molecule has 0 spiro atoms. The highest BCUT2D eigenvalue weighted by molar-refractivity contribution is 9.10. The molecule has 2 rings (SSSR count). The molecule has 2 atom stereocenters. The van der Waals surface area contributed by atoms with Crippen molar-refractivity contribution in [3.63, 3.8) is 0 Å². The molecule has 0 saturated carbocycles. The Balaban J connectivity index is 2.16. The SMILES string of the molecule is CC(C)(C)OC(=O)N1CC[C@@H](N)[C@@H]1Cc1cccc(Br)c1F. The molecule has 0 aliphatic carbocycles. The first-order valence-electron chi connectivity index (χ1n) is 7.37. The van der Waals surface area contributed by atoms with Crippen LogP contribution in [0.4, 0.5) is 9.18 Å². The van der Waals surface area contributed by atoms with Crippen molar-refractivity contribution in [3.8, 4) is 0 Å². The Morgan fingerprint density at radius 2 is 2.18 bits per heavy atom. The molecule has 0 unspecified atom stereocenters. The van der Waals surface area contributed by atoms with Crippen molar-refractivity contribution in [2.24, 2.45) is 5.73 Å². The Kier molecular flexibility index (Phi) is 5.12. The maximum absolute atomic E-state index is 14.2. The number of halogens is 2. The first kappa shape index (κ1) is 17.2. The molecule has 22 heavy (non-hydrogen) atoms. The number of hydrogen-bond donors (Lipinski definition) is 1. The second-order valence-corrected chi connectivity index (χ2v) is 7.47. The van der Waals surface area contributed by atoms with Gasteiger partial charge in [0.25, 0.3) is 0 Å². The van der Waals surface area contributed by atoms with Crippen molar-refractivity contribution in [1.29, 1.82) is 0 Å². The van der Waals surface area contributed by atoms with Crippen LogP contribution < -0.4 is 5.73 Å². The van der Waals surface area contributed by atoms with Crippen LogP contribution in [-0.4, -0.2) is 35.2 Å². The lowest BCUT2D eigenvalue weighted by Gasteiger charge is -2.30. The first-order valence-corrected chi connectivity index (χ1v) is 8.16. The molecule has 1 aromatic rings. The predicted octanol–water partition coefficient (Wildman–Crippen LogP) is 3.47. The van der Waals surface area contributed by atoms with Crippen LogP contribution in [0.25, 0.3) is 0 Å². The molecule has 1 fully saturated rings. The van der Waals surface area contributed by atoms with Crippen LogP contribution in [0.15, 0.2) is 22.7 Å². The van der Waals surface area contributed by atoms with Gasteiger partial charge < -0.3 is 15.4 Å². The van der Waals surface area contributed by atoms with Crippen molar-refractivity contribution in [1.82, 2.24) is 4.90 Å². The number of hydrogen-bond acceptors (Lipinski definition) is 3. The van der Waals surface area contributed by atoms with Gasteiger partial charge in [0.1, 0.15) is 11.4 Å². The van der Waals surface area contributed by atoms with E-state index in [-0.39, 0.29) is 24.0 Å². The zero-order valence-electron chi connectivity index (χ0n) is 13.1. The number of carbonyl (C=O) groups is 1. The van der Waals surface area contributed by atoms with Gasteiger partial charge in [-0.3, -0.25) is 0 Å². The summed E-state index contributed by atoms with van der Waals surface area (Å²) in [4.78, 5) is 13.9. The van der Waals surface area contributed by atoms with Gasteiger partial charge in [-0.25, -0.2) is 9.18 Å². The lowest BCUT2D eigenvalue weighted by Crippen LogP contribution is -2.46. The Hall–Kier alpha value is -1.14. The zero-order valence-corrected chi connectivity index (χ0v) is 14.7. The summed E-state index contributed by atoms with van der Waals surface area (Å²) >= 11 is 3.18. The lowest BCUT2D eigenvalue weighted by molar-refractivity contribution is 0.0220. The molecule has 1 saturated heterocycles. The number of amides is 1. The van der Waals surface area contributed by atoms with Gasteiger partial charge >= 0.3 is 6.09 Å². The molecule has 1 aromatic carbocycles. The van der Waals surface area contributed by atoms with E-state index < -0.39 is 5.60 Å². The van der Waals surface area contributed by atoms with Gasteiger partial charge in [-0.15, -0.1) is 0 Å². The summed E-state index contributed by atoms with van der Waals surface area (Å²) in [5.41, 5.74) is 6.11. The van der Waals surface area contributed by atoms with E-state index in [1.54, 1.807) is 23.1 Å². The maximum atomic E-state index is 14.2. The topological polar surface area (TPSA) is 55.6 Å². The second kappa shape index (κ2) is 6.54. The molecular formula is C16H22BrFN2O2. The van der Waals surface area contributed by atoms with Gasteiger partial charge in [0.2, 0.25) is 0 Å². The van der Waals surface area contributed by atoms with Gasteiger partial charge in [-0.1, -0.05) is 12.1 Å². The van der Waals surface area contributed by atoms with Gasteiger partial charge in [-0.05, 0) is 61.2 Å². The molecule has 122 valence electrons. The summed E-state index contributed by atoms with van der Waals surface area (Å²) in [6.45, 7) is 6.01. The number of nitrogens with two attached hydrogens (primary N) is 1. The van der Waals surface area contributed by atoms with E-state index in [0.717, 1.165) is 0 Å². The van der Waals surface area contributed by atoms with Crippen LogP contribution in [0.3, 0.4) is 0 Å². The molecule has 0 bridgehead atoms. The maximum Gasteiger partial charge on any atom is 0.410 e. The van der Waals surface area contributed by atoms with Crippen molar-refractivity contribution < 1.29 is 13.9 Å². The van der Waals surface area contributed by atoms with E-state index in [1.807, 2.05) is 20.8 Å². The number of carbonyl (C=O) groups excluding carboxylic acids is 1. The van der Waals surface area contributed by atoms with Crippen LogP contribution >= 0.6 is 15.9 Å². The number of nitrogens with zero attached hydrogens (tertiary/aromatic N) is 1. The largest absolute Gasteiger partial charge is 0.444 e. The van der Waals surface area contributed by atoms with Crippen LogP contribution in [0.1, 0.15) is 32.8 Å². The van der Waals surface area contributed by atoms with Crippen LogP contribution in [0.2, 0.25) is 0 Å². The number of ether oxygens (including phenoxy) is 1. The van der Waals surface area contributed by atoms with E-state index in [2.05, 4.69) is 15.9 Å². The minimum atomic E-state index is -0.560. The van der Waals surface area contributed by atoms with Crippen LogP contribution in [-0.2, 0) is 11.2 Å². The van der Waals surface area contributed by atoms with E-state index in [4.69, 9.17) is 10.5 Å².